The summed E-state index contributed by atoms with van der Waals surface area (Å²) in [5.41, 5.74) is 0. The highest BCUT2D eigenvalue weighted by Crippen LogP contribution is 2.19. The van der Waals surface area contributed by atoms with Gasteiger partial charge in [0.2, 0.25) is 15.9 Å². The van der Waals surface area contributed by atoms with Crippen molar-refractivity contribution in [2.45, 2.75) is 24.8 Å². The van der Waals surface area contributed by atoms with E-state index in [0.29, 0.717) is 6.54 Å². The highest BCUT2D eigenvalue weighted by molar-refractivity contribution is 7.89. The van der Waals surface area contributed by atoms with Crippen LogP contribution in [0.2, 0.25) is 5.02 Å². The number of amides is 1. The van der Waals surface area contributed by atoms with Crippen LogP contribution < -0.4 is 10.0 Å². The van der Waals surface area contributed by atoms with Crippen molar-refractivity contribution in [1.29, 1.82) is 0 Å². The minimum Gasteiger partial charge on any atom is -0.355 e. The molecule has 0 saturated heterocycles. The number of hydrogen-bond donors (Lipinski definition) is 2. The van der Waals surface area contributed by atoms with Crippen LogP contribution in [-0.4, -0.2) is 26.9 Å². The summed E-state index contributed by atoms with van der Waals surface area (Å²) in [5.74, 6) is -1.46. The molecule has 1 atom stereocenters. The maximum Gasteiger partial charge on any atom is 0.244 e. The quantitative estimate of drug-likeness (QED) is 0.860. The van der Waals surface area contributed by atoms with Crippen LogP contribution in [0.25, 0.3) is 0 Å². The van der Waals surface area contributed by atoms with Crippen molar-refractivity contribution in [2.24, 2.45) is 0 Å². The molecule has 0 unspecified atom stereocenters. The molecule has 0 bridgehead atoms. The third kappa shape index (κ3) is 4.15. The normalized spacial score (nSPS) is 13.1. The number of sulfonamides is 1. The average molecular weight is 309 g/mol. The zero-order valence-electron chi connectivity index (χ0n) is 10.4. The highest BCUT2D eigenvalue weighted by atomic mass is 35.5. The van der Waals surface area contributed by atoms with Crippen LogP contribution in [0.4, 0.5) is 4.39 Å². The summed E-state index contributed by atoms with van der Waals surface area (Å²) < 4.78 is 39.5. The van der Waals surface area contributed by atoms with E-state index in [1.54, 1.807) is 6.92 Å². The zero-order chi connectivity index (χ0) is 14.6. The van der Waals surface area contributed by atoms with Gasteiger partial charge in [-0.3, -0.25) is 4.79 Å². The van der Waals surface area contributed by atoms with Gasteiger partial charge in [0.1, 0.15) is 10.7 Å². The lowest BCUT2D eigenvalue weighted by atomic mass is 10.3. The van der Waals surface area contributed by atoms with Gasteiger partial charge in [0.05, 0.1) is 6.04 Å². The Hall–Kier alpha value is -1.18. The van der Waals surface area contributed by atoms with Crippen molar-refractivity contribution >= 4 is 27.5 Å². The second-order valence-electron chi connectivity index (χ2n) is 3.81. The topological polar surface area (TPSA) is 75.3 Å². The summed E-state index contributed by atoms with van der Waals surface area (Å²) >= 11 is 5.55. The third-order valence-electron chi connectivity index (χ3n) is 2.26. The van der Waals surface area contributed by atoms with Crippen molar-refractivity contribution in [3.63, 3.8) is 0 Å². The Bertz CT molecular complexity index is 577. The van der Waals surface area contributed by atoms with Crippen molar-refractivity contribution in [3.8, 4) is 0 Å². The molecule has 0 aromatic heterocycles. The van der Waals surface area contributed by atoms with E-state index < -0.39 is 32.7 Å². The van der Waals surface area contributed by atoms with Gasteiger partial charge in [-0.1, -0.05) is 11.6 Å². The Balaban J connectivity index is 2.95. The average Bonchev–Trinajstić information content (AvgIpc) is 2.27. The van der Waals surface area contributed by atoms with Crippen LogP contribution in [0, 0.1) is 5.82 Å². The fourth-order valence-electron chi connectivity index (χ4n) is 1.37. The Morgan fingerprint density at radius 2 is 2.11 bits per heavy atom. The monoisotopic (exact) mass is 308 g/mol. The summed E-state index contributed by atoms with van der Waals surface area (Å²) in [5, 5.41) is 2.55. The minimum absolute atomic E-state index is 0.0909. The van der Waals surface area contributed by atoms with Crippen molar-refractivity contribution in [1.82, 2.24) is 10.0 Å². The van der Waals surface area contributed by atoms with E-state index in [9.17, 15) is 17.6 Å². The smallest absolute Gasteiger partial charge is 0.244 e. The number of carbonyl (C=O) groups excluding carboxylic acids is 1. The minimum atomic E-state index is -4.11. The van der Waals surface area contributed by atoms with Gasteiger partial charge in [0, 0.05) is 11.6 Å². The van der Waals surface area contributed by atoms with E-state index >= 15 is 0 Å². The zero-order valence-corrected chi connectivity index (χ0v) is 12.0. The molecule has 2 N–H and O–H groups in total. The predicted molar refractivity (Wildman–Crippen MR) is 69.9 cm³/mol. The van der Waals surface area contributed by atoms with Gasteiger partial charge in [-0.25, -0.2) is 12.8 Å². The SMILES string of the molecule is CCNC(=O)[C@@H](C)NS(=O)(=O)c1ccc(Cl)cc1F. The van der Waals surface area contributed by atoms with E-state index in [2.05, 4.69) is 10.0 Å². The molecule has 1 aromatic carbocycles. The Morgan fingerprint density at radius 3 is 2.63 bits per heavy atom. The van der Waals surface area contributed by atoms with Gasteiger partial charge in [-0.05, 0) is 32.0 Å². The molecule has 106 valence electrons. The summed E-state index contributed by atoms with van der Waals surface area (Å²) in [7, 11) is -4.11. The lowest BCUT2D eigenvalue weighted by Gasteiger charge is -2.14. The molecule has 0 saturated carbocycles. The van der Waals surface area contributed by atoms with Crippen LogP contribution in [0.1, 0.15) is 13.8 Å². The number of nitrogens with one attached hydrogen (secondary N) is 2. The first-order valence-corrected chi connectivity index (χ1v) is 7.39. The van der Waals surface area contributed by atoms with Crippen molar-refractivity contribution < 1.29 is 17.6 Å². The van der Waals surface area contributed by atoms with Crippen molar-refractivity contribution in [3.05, 3.63) is 29.0 Å². The molecule has 1 rings (SSSR count). The molecule has 0 aliphatic carbocycles. The first-order chi connectivity index (χ1) is 8.77. The maximum absolute atomic E-state index is 13.5. The number of hydrogen-bond acceptors (Lipinski definition) is 3. The molecule has 0 radical (unpaired) electrons. The van der Waals surface area contributed by atoms with E-state index in [4.69, 9.17) is 11.6 Å². The maximum atomic E-state index is 13.5. The number of likely N-dealkylation sites (N-methyl/N-ethyl adjacent to an activating group) is 1. The van der Waals surface area contributed by atoms with E-state index in [1.165, 1.54) is 13.0 Å². The molecule has 1 aromatic rings. The molecule has 0 heterocycles. The highest BCUT2D eigenvalue weighted by Gasteiger charge is 2.24. The lowest BCUT2D eigenvalue weighted by molar-refractivity contribution is -0.122. The first-order valence-electron chi connectivity index (χ1n) is 5.53. The molecule has 0 aliphatic rings. The van der Waals surface area contributed by atoms with Crippen LogP contribution in [-0.2, 0) is 14.8 Å². The van der Waals surface area contributed by atoms with Crippen LogP contribution >= 0.6 is 11.6 Å². The van der Waals surface area contributed by atoms with E-state index in [-0.39, 0.29) is 5.02 Å². The molecule has 5 nitrogen and oxygen atoms in total. The Labute approximate surface area is 116 Å². The van der Waals surface area contributed by atoms with Gasteiger partial charge in [-0.15, -0.1) is 0 Å². The molecule has 1 amide bonds. The number of rotatable bonds is 5. The molecule has 0 fully saturated rings. The second kappa shape index (κ2) is 6.31. The Kier molecular flexibility index (Phi) is 5.28. The standard InChI is InChI=1S/C11H14ClFN2O3S/c1-3-14-11(16)7(2)15-19(17,18)10-5-4-8(12)6-9(10)13/h4-7,15H,3H2,1-2H3,(H,14,16)/t7-/m1/s1. The number of carbonyl (C=O) groups is 1. The number of halogens is 2. The summed E-state index contributed by atoms with van der Waals surface area (Å²) in [4.78, 5) is 10.9. The molecule has 0 aliphatic heterocycles. The largest absolute Gasteiger partial charge is 0.355 e. The van der Waals surface area contributed by atoms with Crippen LogP contribution in [0.3, 0.4) is 0 Å². The summed E-state index contributed by atoms with van der Waals surface area (Å²) in [6, 6.07) is 2.20. The predicted octanol–water partition coefficient (Wildman–Crippen LogP) is 1.28. The molecular formula is C11H14ClFN2O3S. The second-order valence-corrected chi connectivity index (χ2v) is 5.93. The van der Waals surface area contributed by atoms with Gasteiger partial charge >= 0.3 is 0 Å². The van der Waals surface area contributed by atoms with E-state index in [0.717, 1.165) is 12.1 Å². The summed E-state index contributed by atoms with van der Waals surface area (Å²) in [6.45, 7) is 3.45. The molecule has 0 spiro atoms. The van der Waals surface area contributed by atoms with Gasteiger partial charge in [0.25, 0.3) is 0 Å². The summed E-state index contributed by atoms with van der Waals surface area (Å²) in [6.07, 6.45) is 0. The van der Waals surface area contributed by atoms with Gasteiger partial charge in [0.15, 0.2) is 0 Å². The number of benzene rings is 1. The lowest BCUT2D eigenvalue weighted by Crippen LogP contribution is -2.44. The Morgan fingerprint density at radius 1 is 1.47 bits per heavy atom. The van der Waals surface area contributed by atoms with Gasteiger partial charge in [-0.2, -0.15) is 4.72 Å². The van der Waals surface area contributed by atoms with Crippen molar-refractivity contribution in [2.75, 3.05) is 6.54 Å². The first kappa shape index (κ1) is 15.9. The fraction of sp³-hybridized carbons (Fsp3) is 0.364. The van der Waals surface area contributed by atoms with Crippen LogP contribution in [0.5, 0.6) is 0 Å². The molecular weight excluding hydrogens is 295 g/mol. The van der Waals surface area contributed by atoms with E-state index in [1.807, 2.05) is 0 Å². The van der Waals surface area contributed by atoms with Gasteiger partial charge < -0.3 is 5.32 Å². The molecule has 8 heteroatoms. The van der Waals surface area contributed by atoms with Crippen LogP contribution in [0.15, 0.2) is 23.1 Å². The third-order valence-corrected chi connectivity index (χ3v) is 4.07. The molecule has 19 heavy (non-hydrogen) atoms. The fourth-order valence-corrected chi connectivity index (χ4v) is 2.79.